The van der Waals surface area contributed by atoms with Gasteiger partial charge in [0.15, 0.2) is 0 Å². The number of rotatable bonds is 3. The third-order valence-corrected chi connectivity index (χ3v) is 5.17. The first-order valence-corrected chi connectivity index (χ1v) is 9.15. The van der Waals surface area contributed by atoms with Crippen LogP contribution in [0.3, 0.4) is 0 Å². The molecule has 0 fully saturated rings. The number of carbonyl (C=O) groups is 1. The molecule has 1 aliphatic rings. The Balaban J connectivity index is 1.46. The van der Waals surface area contributed by atoms with Crippen molar-refractivity contribution in [1.82, 2.24) is 25.2 Å². The summed E-state index contributed by atoms with van der Waals surface area (Å²) in [6.07, 6.45) is 2.57. The van der Waals surface area contributed by atoms with Crippen LogP contribution in [0.2, 0.25) is 0 Å². The zero-order valence-corrected chi connectivity index (χ0v) is 15.0. The van der Waals surface area contributed by atoms with Crippen LogP contribution < -0.4 is 16.2 Å². The molecule has 0 aromatic carbocycles. The minimum Gasteiger partial charge on any atom is -0.320 e. The quantitative estimate of drug-likeness (QED) is 0.651. The second-order valence-electron chi connectivity index (χ2n) is 6.19. The Morgan fingerprint density at radius 2 is 2.35 bits per heavy atom. The molecule has 0 saturated carbocycles. The normalized spacial score (nSPS) is 13.4. The molecule has 3 N–H and O–H groups in total. The van der Waals surface area contributed by atoms with E-state index in [2.05, 4.69) is 25.6 Å². The lowest BCUT2D eigenvalue weighted by Crippen LogP contribution is -2.32. The predicted molar refractivity (Wildman–Crippen MR) is 100 cm³/mol. The van der Waals surface area contributed by atoms with Crippen LogP contribution in [0.25, 0.3) is 10.2 Å². The lowest BCUT2D eigenvalue weighted by atomic mass is 10.1. The van der Waals surface area contributed by atoms with Crippen molar-refractivity contribution >= 4 is 33.3 Å². The van der Waals surface area contributed by atoms with Crippen molar-refractivity contribution in [3.8, 4) is 0 Å². The summed E-state index contributed by atoms with van der Waals surface area (Å²) < 4.78 is 0.592. The highest BCUT2D eigenvalue weighted by molar-refractivity contribution is 7.17. The number of thiophene rings is 1. The summed E-state index contributed by atoms with van der Waals surface area (Å²) in [6, 6.07) is 3.45. The molecule has 134 valence electrons. The van der Waals surface area contributed by atoms with E-state index >= 15 is 0 Å². The average molecular weight is 370 g/mol. The van der Waals surface area contributed by atoms with Gasteiger partial charge in [-0.15, -0.1) is 11.3 Å². The summed E-state index contributed by atoms with van der Waals surface area (Å²) in [5, 5.41) is 7.95. The first kappa shape index (κ1) is 16.7. The first-order valence-electron chi connectivity index (χ1n) is 8.27. The minimum absolute atomic E-state index is 0.180. The number of anilines is 1. The van der Waals surface area contributed by atoms with Gasteiger partial charge in [-0.3, -0.25) is 9.78 Å². The number of nitrogens with one attached hydrogen (secondary N) is 3. The topological polar surface area (TPSA) is 103 Å². The second kappa shape index (κ2) is 6.85. The van der Waals surface area contributed by atoms with Crippen molar-refractivity contribution in [1.29, 1.82) is 0 Å². The molecule has 4 heterocycles. The fraction of sp³-hybridized carbons (Fsp3) is 0.294. The Labute approximate surface area is 153 Å². The Kier molecular flexibility index (Phi) is 4.39. The van der Waals surface area contributed by atoms with E-state index in [0.717, 1.165) is 30.8 Å². The molecule has 0 spiro atoms. The molecule has 0 unspecified atom stereocenters. The first-order chi connectivity index (χ1) is 12.6. The Bertz CT molecular complexity index is 1030. The monoisotopic (exact) mass is 370 g/mol. The maximum absolute atomic E-state index is 12.4. The van der Waals surface area contributed by atoms with Crippen molar-refractivity contribution in [2.45, 2.75) is 19.5 Å². The van der Waals surface area contributed by atoms with Crippen LogP contribution in [0.15, 0.2) is 28.5 Å². The van der Waals surface area contributed by atoms with Gasteiger partial charge in [0.1, 0.15) is 10.5 Å². The summed E-state index contributed by atoms with van der Waals surface area (Å²) in [5.41, 5.74) is 3.29. The number of H-pyrrole nitrogens is 1. The van der Waals surface area contributed by atoms with E-state index < -0.39 is 0 Å². The standard InChI is InChI=1S/C17H18N6O2S/c1-23(9-14-21-13-3-5-26-15(13)16(24)22-14)17(25)20-11-6-10-7-18-4-2-12(10)19-8-11/h3,5-6,8,18H,2,4,7,9H2,1H3,(H,20,25)(H,21,22,24). The summed E-state index contributed by atoms with van der Waals surface area (Å²) in [6.45, 7) is 1.88. The summed E-state index contributed by atoms with van der Waals surface area (Å²) in [5.74, 6) is 0.450. The van der Waals surface area contributed by atoms with Crippen LogP contribution in [0.5, 0.6) is 0 Å². The molecule has 1 aliphatic heterocycles. The number of aromatic amines is 1. The van der Waals surface area contributed by atoms with E-state index in [0.29, 0.717) is 21.7 Å². The number of pyridine rings is 1. The number of carbonyl (C=O) groups excluding carboxylic acids is 1. The van der Waals surface area contributed by atoms with Gasteiger partial charge in [-0.25, -0.2) is 9.78 Å². The highest BCUT2D eigenvalue weighted by Crippen LogP contribution is 2.17. The fourth-order valence-corrected chi connectivity index (χ4v) is 3.65. The molecule has 9 heteroatoms. The maximum Gasteiger partial charge on any atom is 0.322 e. The van der Waals surface area contributed by atoms with Gasteiger partial charge in [0.2, 0.25) is 0 Å². The van der Waals surface area contributed by atoms with Gasteiger partial charge in [-0.2, -0.15) is 0 Å². The molecular weight excluding hydrogens is 352 g/mol. The number of urea groups is 1. The van der Waals surface area contributed by atoms with Gasteiger partial charge >= 0.3 is 6.03 Å². The smallest absolute Gasteiger partial charge is 0.320 e. The van der Waals surface area contributed by atoms with E-state index in [4.69, 9.17) is 0 Å². The van der Waals surface area contributed by atoms with Crippen LogP contribution in [-0.4, -0.2) is 39.5 Å². The minimum atomic E-state index is -0.288. The van der Waals surface area contributed by atoms with E-state index in [-0.39, 0.29) is 18.1 Å². The van der Waals surface area contributed by atoms with Crippen molar-refractivity contribution in [2.24, 2.45) is 0 Å². The molecule has 0 saturated heterocycles. The molecule has 0 radical (unpaired) electrons. The van der Waals surface area contributed by atoms with Crippen molar-refractivity contribution in [3.63, 3.8) is 0 Å². The third kappa shape index (κ3) is 3.31. The zero-order chi connectivity index (χ0) is 18.1. The summed E-state index contributed by atoms with van der Waals surface area (Å²) in [4.78, 5) is 37.5. The number of hydrogen-bond donors (Lipinski definition) is 3. The van der Waals surface area contributed by atoms with Gasteiger partial charge in [0.05, 0.1) is 23.9 Å². The molecule has 0 aliphatic carbocycles. The van der Waals surface area contributed by atoms with Gasteiger partial charge < -0.3 is 20.5 Å². The Morgan fingerprint density at radius 3 is 3.23 bits per heavy atom. The number of hydrogen-bond acceptors (Lipinski definition) is 6. The SMILES string of the molecule is CN(Cc1nc2ccsc2c(=O)[nH]1)C(=O)Nc1cnc2c(c1)CNCC2. The van der Waals surface area contributed by atoms with Crippen molar-refractivity contribution in [3.05, 3.63) is 51.1 Å². The zero-order valence-electron chi connectivity index (χ0n) is 14.2. The van der Waals surface area contributed by atoms with Crippen LogP contribution in [0.4, 0.5) is 10.5 Å². The van der Waals surface area contributed by atoms with Gasteiger partial charge in [-0.1, -0.05) is 0 Å². The lowest BCUT2D eigenvalue weighted by Gasteiger charge is -2.19. The fourth-order valence-electron chi connectivity index (χ4n) is 2.93. The van der Waals surface area contributed by atoms with Crippen LogP contribution in [-0.2, 0) is 19.5 Å². The van der Waals surface area contributed by atoms with Crippen LogP contribution >= 0.6 is 11.3 Å². The lowest BCUT2D eigenvalue weighted by molar-refractivity contribution is 0.219. The number of amides is 2. The highest BCUT2D eigenvalue weighted by Gasteiger charge is 2.15. The van der Waals surface area contributed by atoms with Crippen molar-refractivity contribution < 1.29 is 4.79 Å². The Hall–Kier alpha value is -2.78. The third-order valence-electron chi connectivity index (χ3n) is 4.26. The van der Waals surface area contributed by atoms with Gasteiger partial charge in [0, 0.05) is 32.3 Å². The molecular formula is C17H18N6O2S. The number of fused-ring (bicyclic) bond motifs is 2. The van der Waals surface area contributed by atoms with E-state index in [1.165, 1.54) is 16.2 Å². The average Bonchev–Trinajstić information content (AvgIpc) is 3.10. The molecule has 2 amide bonds. The molecule has 4 rings (SSSR count). The molecule has 0 bridgehead atoms. The summed E-state index contributed by atoms with van der Waals surface area (Å²) in [7, 11) is 1.65. The number of aromatic nitrogens is 3. The van der Waals surface area contributed by atoms with E-state index in [1.54, 1.807) is 19.3 Å². The van der Waals surface area contributed by atoms with Crippen LogP contribution in [0.1, 0.15) is 17.1 Å². The van der Waals surface area contributed by atoms with Gasteiger partial charge in [0.25, 0.3) is 5.56 Å². The molecule has 3 aromatic heterocycles. The number of nitrogens with zero attached hydrogens (tertiary/aromatic N) is 3. The molecule has 26 heavy (non-hydrogen) atoms. The predicted octanol–water partition coefficient (Wildman–Crippen LogP) is 1.69. The second-order valence-corrected chi connectivity index (χ2v) is 7.11. The van der Waals surface area contributed by atoms with Gasteiger partial charge in [-0.05, 0) is 23.1 Å². The molecule has 8 nitrogen and oxygen atoms in total. The maximum atomic E-state index is 12.4. The van der Waals surface area contributed by atoms with E-state index in [9.17, 15) is 9.59 Å². The van der Waals surface area contributed by atoms with E-state index in [1.807, 2.05) is 11.4 Å². The van der Waals surface area contributed by atoms with Crippen LogP contribution in [0, 0.1) is 0 Å². The largest absolute Gasteiger partial charge is 0.322 e. The van der Waals surface area contributed by atoms with Crippen molar-refractivity contribution in [2.75, 3.05) is 18.9 Å². The Morgan fingerprint density at radius 1 is 1.46 bits per heavy atom. The highest BCUT2D eigenvalue weighted by atomic mass is 32.1. The molecule has 0 atom stereocenters. The summed E-state index contributed by atoms with van der Waals surface area (Å²) >= 11 is 1.35. The molecule has 3 aromatic rings.